The van der Waals surface area contributed by atoms with Gasteiger partial charge in [0.2, 0.25) is 0 Å². The van der Waals surface area contributed by atoms with Crippen molar-refractivity contribution >= 4 is 13.8 Å². The van der Waals surface area contributed by atoms with Gasteiger partial charge in [-0.1, -0.05) is 6.58 Å². The number of ether oxygens (including phenoxy) is 1. The molecule has 0 aromatic carbocycles. The number of hydrogen-bond acceptors (Lipinski definition) is 4. The maximum Gasteiger partial charge on any atom is 0.469 e. The molecule has 7 heteroatoms. The lowest BCUT2D eigenvalue weighted by Crippen LogP contribution is -2.28. The van der Waals surface area contributed by atoms with Crippen molar-refractivity contribution in [1.82, 2.24) is 0 Å². The summed E-state index contributed by atoms with van der Waals surface area (Å²) >= 11 is 0. The van der Waals surface area contributed by atoms with Crippen LogP contribution in [-0.4, -0.2) is 29.0 Å². The molecule has 0 heterocycles. The first-order valence-electron chi connectivity index (χ1n) is 8.27. The summed E-state index contributed by atoms with van der Waals surface area (Å²) in [5, 5.41) is 0. The second kappa shape index (κ2) is 6.32. The third-order valence-corrected chi connectivity index (χ3v) is 6.44. The smallest absolute Gasteiger partial charge is 0.462 e. The summed E-state index contributed by atoms with van der Waals surface area (Å²) < 4.78 is 20.9. The average molecular weight is 344 g/mol. The van der Waals surface area contributed by atoms with E-state index in [4.69, 9.17) is 14.5 Å². The van der Waals surface area contributed by atoms with Gasteiger partial charge in [0.05, 0.1) is 13.2 Å². The van der Waals surface area contributed by atoms with Gasteiger partial charge >= 0.3 is 13.8 Å². The average Bonchev–Trinajstić information content (AvgIpc) is 3.11. The van der Waals surface area contributed by atoms with E-state index in [0.29, 0.717) is 41.8 Å². The van der Waals surface area contributed by atoms with Gasteiger partial charge in [0, 0.05) is 5.57 Å². The summed E-state index contributed by atoms with van der Waals surface area (Å²) in [7, 11) is -4.37. The van der Waals surface area contributed by atoms with Crippen molar-refractivity contribution in [3.8, 4) is 0 Å². The fourth-order valence-electron chi connectivity index (χ4n) is 5.16. The van der Waals surface area contributed by atoms with E-state index in [2.05, 4.69) is 11.1 Å². The van der Waals surface area contributed by atoms with Crippen LogP contribution in [0.5, 0.6) is 0 Å². The van der Waals surface area contributed by atoms with Gasteiger partial charge in [0.15, 0.2) is 0 Å². The van der Waals surface area contributed by atoms with Crippen molar-refractivity contribution in [1.29, 1.82) is 0 Å². The molecule has 6 atom stereocenters. The van der Waals surface area contributed by atoms with Crippen molar-refractivity contribution < 1.29 is 28.4 Å². The zero-order valence-corrected chi connectivity index (χ0v) is 14.3. The molecule has 6 unspecified atom stereocenters. The van der Waals surface area contributed by atoms with Crippen molar-refractivity contribution in [2.75, 3.05) is 13.2 Å². The molecule has 0 aromatic heterocycles. The van der Waals surface area contributed by atoms with Gasteiger partial charge in [-0.25, -0.2) is 9.36 Å². The topological polar surface area (TPSA) is 93.1 Å². The first-order valence-corrected chi connectivity index (χ1v) is 9.80. The molecular formula is C16H25O6P. The van der Waals surface area contributed by atoms with Crippen molar-refractivity contribution in [3.63, 3.8) is 0 Å². The van der Waals surface area contributed by atoms with Gasteiger partial charge in [-0.15, -0.1) is 0 Å². The van der Waals surface area contributed by atoms with E-state index < -0.39 is 7.82 Å². The molecule has 6 nitrogen and oxygen atoms in total. The molecule has 3 saturated carbocycles. The maximum atomic E-state index is 11.6. The largest absolute Gasteiger partial charge is 0.469 e. The predicted molar refractivity (Wildman–Crippen MR) is 83.2 cm³/mol. The minimum absolute atomic E-state index is 0.145. The first-order chi connectivity index (χ1) is 10.7. The van der Waals surface area contributed by atoms with E-state index in [1.807, 2.05) is 0 Å². The van der Waals surface area contributed by atoms with E-state index in [1.165, 1.54) is 6.42 Å². The Kier molecular flexibility index (Phi) is 4.71. The number of esters is 1. The molecule has 0 saturated heterocycles. The van der Waals surface area contributed by atoms with E-state index in [1.54, 1.807) is 6.92 Å². The Bertz CT molecular complexity index is 541. The van der Waals surface area contributed by atoms with Crippen LogP contribution in [0.1, 0.15) is 32.6 Å². The molecule has 3 fully saturated rings. The summed E-state index contributed by atoms with van der Waals surface area (Å²) in [6.07, 6.45) is 4.28. The van der Waals surface area contributed by atoms with Gasteiger partial charge in [-0.3, -0.25) is 4.52 Å². The number of fused-ring (bicyclic) bond motifs is 5. The van der Waals surface area contributed by atoms with E-state index in [-0.39, 0.29) is 18.5 Å². The molecule has 2 N–H and O–H groups in total. The summed E-state index contributed by atoms with van der Waals surface area (Å²) in [6, 6.07) is 0. The first kappa shape index (κ1) is 17.2. The highest BCUT2D eigenvalue weighted by Crippen LogP contribution is 2.62. The molecule has 2 bridgehead atoms. The molecule has 3 aliphatic rings. The van der Waals surface area contributed by atoms with Gasteiger partial charge < -0.3 is 14.5 Å². The Labute approximate surface area is 136 Å². The Balaban J connectivity index is 1.52. The van der Waals surface area contributed by atoms with E-state index in [0.717, 1.165) is 19.3 Å². The number of rotatable bonds is 6. The fourth-order valence-corrected chi connectivity index (χ4v) is 5.57. The molecule has 130 valence electrons. The molecular weight excluding hydrogens is 319 g/mol. The lowest BCUT2D eigenvalue weighted by Gasteiger charge is -2.31. The number of phosphoric acid groups is 1. The molecule has 0 aromatic rings. The maximum absolute atomic E-state index is 11.6. The molecule has 23 heavy (non-hydrogen) atoms. The van der Waals surface area contributed by atoms with Crippen LogP contribution in [0.2, 0.25) is 0 Å². The molecule has 0 aliphatic heterocycles. The number of carbonyl (C=O) groups is 1. The summed E-state index contributed by atoms with van der Waals surface area (Å²) in [4.78, 5) is 29.2. The highest BCUT2D eigenvalue weighted by molar-refractivity contribution is 7.46. The fraction of sp³-hybridized carbons (Fsp3) is 0.812. The Morgan fingerprint density at radius 3 is 2.48 bits per heavy atom. The molecule has 0 spiro atoms. The summed E-state index contributed by atoms with van der Waals surface area (Å²) in [5.41, 5.74) is 0.432. The van der Waals surface area contributed by atoms with Crippen LogP contribution in [0.4, 0.5) is 0 Å². The number of carbonyl (C=O) groups excluding carboxylic acids is 1. The van der Waals surface area contributed by atoms with Crippen LogP contribution in [-0.2, 0) is 18.6 Å². The number of hydrogen-bond donors (Lipinski definition) is 2. The van der Waals surface area contributed by atoms with E-state index >= 15 is 0 Å². The Hall–Kier alpha value is -0.680. The van der Waals surface area contributed by atoms with Gasteiger partial charge in [0.25, 0.3) is 0 Å². The van der Waals surface area contributed by atoms with Gasteiger partial charge in [0.1, 0.15) is 0 Å². The monoisotopic (exact) mass is 344 g/mol. The number of phosphoric ester groups is 1. The van der Waals surface area contributed by atoms with Crippen LogP contribution >= 0.6 is 7.82 Å². The standard InChI is InChI=1S/C16H25O6P/c1-9(2)16(17)21-8-12-5-11-6-14(12)15-4-10(3-13(11)15)7-22-23(18,19)20/h10-15H,1,3-8H2,2H3,(H2,18,19,20). The van der Waals surface area contributed by atoms with Crippen LogP contribution in [0.25, 0.3) is 0 Å². The third-order valence-electron chi connectivity index (χ3n) is 5.96. The highest BCUT2D eigenvalue weighted by Gasteiger charge is 2.56. The molecule has 0 amide bonds. The van der Waals surface area contributed by atoms with Crippen molar-refractivity contribution in [2.24, 2.45) is 35.5 Å². The predicted octanol–water partition coefficient (Wildman–Crippen LogP) is 2.51. The van der Waals surface area contributed by atoms with Crippen molar-refractivity contribution in [2.45, 2.75) is 32.6 Å². The lowest BCUT2D eigenvalue weighted by molar-refractivity contribution is -0.141. The quantitative estimate of drug-likeness (QED) is 0.437. The summed E-state index contributed by atoms with van der Waals surface area (Å²) in [5.74, 6) is 2.82. The van der Waals surface area contributed by atoms with Crippen LogP contribution in [0.3, 0.4) is 0 Å². The lowest BCUT2D eigenvalue weighted by atomic mass is 9.76. The van der Waals surface area contributed by atoms with Crippen LogP contribution < -0.4 is 0 Å². The van der Waals surface area contributed by atoms with Gasteiger partial charge in [-0.2, -0.15) is 0 Å². The molecule has 3 rings (SSSR count). The second-order valence-corrected chi connectivity index (χ2v) is 8.73. The minimum Gasteiger partial charge on any atom is -0.462 e. The van der Waals surface area contributed by atoms with E-state index in [9.17, 15) is 9.36 Å². The van der Waals surface area contributed by atoms with Crippen LogP contribution in [0.15, 0.2) is 12.2 Å². The Morgan fingerprint density at radius 2 is 1.83 bits per heavy atom. The van der Waals surface area contributed by atoms with Crippen molar-refractivity contribution in [3.05, 3.63) is 12.2 Å². The zero-order valence-electron chi connectivity index (χ0n) is 13.4. The molecule has 3 aliphatic carbocycles. The van der Waals surface area contributed by atoms with Gasteiger partial charge in [-0.05, 0) is 68.1 Å². The zero-order chi connectivity index (χ0) is 16.8. The normalized spacial score (nSPS) is 38.6. The SMILES string of the molecule is C=C(C)C(=O)OCC1CC2CC1C1CC(COP(=O)(O)O)CC21. The molecule has 0 radical (unpaired) electrons. The van der Waals surface area contributed by atoms with Crippen LogP contribution in [0, 0.1) is 35.5 Å². The highest BCUT2D eigenvalue weighted by atomic mass is 31.2. The second-order valence-electron chi connectivity index (χ2n) is 7.49. The third kappa shape index (κ3) is 3.71. The minimum atomic E-state index is -4.37. The Morgan fingerprint density at radius 1 is 1.13 bits per heavy atom. The summed E-state index contributed by atoms with van der Waals surface area (Å²) in [6.45, 7) is 5.87.